The molecule has 0 unspecified atom stereocenters. The number of nitrogens with one attached hydrogen (secondary N) is 1. The SMILES string of the molecule is COC(=O)c1ccc(CC(=O)[C@H](Cc2ccccc2)n2cc(OC)c(-c3cc(Cl)ccc3C(C)=O)cc2=O)cc1.COc1c[nH]c(=O)cc1-c1cc(Cl)ccc1C(C)=O.COc1cn([C@@H](Cc2ccccc2)C(=O)Cc2ccc(C(=O)O)cc2)c(=O)cc1-c1cc(Cl)ccc1C(C)=O.C[C@H](Cc1ccccc1)C(=O)Cc1ccc(C(=O)O)cc1.[Y]. The molecule has 611 valence electrons. The van der Waals surface area contributed by atoms with E-state index in [1.807, 2.05) is 97.9 Å². The van der Waals surface area contributed by atoms with Crippen molar-refractivity contribution in [3.8, 4) is 50.6 Å². The van der Waals surface area contributed by atoms with Gasteiger partial charge in [-0.15, -0.1) is 0 Å². The van der Waals surface area contributed by atoms with Crippen LogP contribution in [0.1, 0.15) is 135 Å². The number of Topliss-reactive ketones (excluding diaryl/α,β-unsaturated/α-hetero) is 6. The Bertz CT molecular complexity index is 5900. The Hall–Kier alpha value is -12.4. The minimum absolute atomic E-state index is 0. The summed E-state index contributed by atoms with van der Waals surface area (Å²) in [4.78, 5) is 151. The number of aromatic carboxylic acids is 2. The molecule has 0 bridgehead atoms. The fourth-order valence-corrected chi connectivity index (χ4v) is 13.7. The first-order valence-corrected chi connectivity index (χ1v) is 38.4. The summed E-state index contributed by atoms with van der Waals surface area (Å²) in [5.41, 5.74) is 8.78. The second-order valence-electron chi connectivity index (χ2n) is 27.6. The molecule has 0 saturated carbocycles. The number of hydrogen-bond donors (Lipinski definition) is 3. The van der Waals surface area contributed by atoms with E-state index in [-0.39, 0.29) is 116 Å². The molecule has 0 spiro atoms. The molecule has 1 radical (unpaired) electrons. The van der Waals surface area contributed by atoms with Crippen LogP contribution in [0.2, 0.25) is 15.1 Å². The Morgan fingerprint density at radius 3 is 1.01 bits per heavy atom. The zero-order chi connectivity index (χ0) is 86.1. The summed E-state index contributed by atoms with van der Waals surface area (Å²) in [6.07, 6.45) is 6.09. The van der Waals surface area contributed by atoms with E-state index in [1.165, 1.54) is 119 Å². The molecule has 0 saturated heterocycles. The van der Waals surface area contributed by atoms with Crippen LogP contribution >= 0.6 is 34.8 Å². The van der Waals surface area contributed by atoms with Gasteiger partial charge in [-0.05, 0) is 168 Å². The number of ketones is 6. The third-order valence-electron chi connectivity index (χ3n) is 19.4. The van der Waals surface area contributed by atoms with E-state index in [0.29, 0.717) is 105 Å². The van der Waals surface area contributed by atoms with Gasteiger partial charge in [-0.3, -0.25) is 43.2 Å². The van der Waals surface area contributed by atoms with Gasteiger partial charge in [0.1, 0.15) is 23.0 Å². The average Bonchev–Trinajstić information content (AvgIpc) is 0.783. The summed E-state index contributed by atoms with van der Waals surface area (Å²) in [5.74, 6) is -2.17. The number of nitrogens with zero attached hydrogens (tertiary/aromatic N) is 2. The largest absolute Gasteiger partial charge is 0.495 e. The van der Waals surface area contributed by atoms with Crippen molar-refractivity contribution in [1.82, 2.24) is 14.1 Å². The molecule has 0 fully saturated rings. The van der Waals surface area contributed by atoms with Crippen LogP contribution in [0.3, 0.4) is 0 Å². The number of esters is 1. The van der Waals surface area contributed by atoms with Crippen molar-refractivity contribution in [2.45, 2.75) is 78.3 Å². The van der Waals surface area contributed by atoms with Crippen molar-refractivity contribution < 1.29 is 105 Å². The number of carboxylic acid groups (broad SMARTS) is 2. The van der Waals surface area contributed by atoms with E-state index in [0.717, 1.165) is 28.7 Å². The maximum atomic E-state index is 13.7. The summed E-state index contributed by atoms with van der Waals surface area (Å²) < 4.78 is 23.9. The van der Waals surface area contributed by atoms with Crippen molar-refractivity contribution in [1.29, 1.82) is 0 Å². The second kappa shape index (κ2) is 44.4. The average molecular weight is 1750 g/mol. The Balaban J connectivity index is 0.000000208. The van der Waals surface area contributed by atoms with Crippen LogP contribution in [0.5, 0.6) is 17.2 Å². The fraction of sp³-hybridized carbons (Fsp3) is 0.179. The molecule has 0 aliphatic heterocycles. The molecule has 3 heterocycles. The number of aromatic nitrogens is 3. The van der Waals surface area contributed by atoms with Gasteiger partial charge in [0.2, 0.25) is 5.56 Å². The smallest absolute Gasteiger partial charge is 0.337 e. The first-order chi connectivity index (χ1) is 57.0. The third kappa shape index (κ3) is 25.3. The van der Waals surface area contributed by atoms with Gasteiger partial charge >= 0.3 is 17.9 Å². The Kier molecular flexibility index (Phi) is 34.5. The molecule has 21 nitrogen and oxygen atoms in total. The summed E-state index contributed by atoms with van der Waals surface area (Å²) in [6.45, 7) is 6.26. The monoisotopic (exact) mass is 1750 g/mol. The zero-order valence-corrected chi connectivity index (χ0v) is 71.9. The van der Waals surface area contributed by atoms with Crippen LogP contribution in [0.25, 0.3) is 33.4 Å². The van der Waals surface area contributed by atoms with Crippen LogP contribution in [-0.4, -0.2) is 105 Å². The number of halogens is 3. The van der Waals surface area contributed by atoms with E-state index in [4.69, 9.17) is 64.0 Å². The Morgan fingerprint density at radius 2 is 0.692 bits per heavy atom. The minimum atomic E-state index is -1.05. The topological polar surface area (TPSA) is 308 Å². The standard InChI is InChI=1S/C32H28ClNO6.C31H26ClNO6.C18H18O3.C14H12ClNO3.Y/c1-20(35)25-14-13-24(33)17-26(25)27-18-31(37)34(19-30(27)39-2)28(15-21-7-5-4-6-8-21)29(36)16-22-9-11-23(12-10-22)32(38)40-3;1-19(34)24-13-12-23(32)16-25(24)26-17-30(36)33(18-29(26)39-2)27(14-20-6-4-3-5-7-20)28(35)15-21-8-10-22(11-9-21)31(37)38;1-13(11-14-5-3-2-4-6-14)17(19)12-15-7-9-16(10-8-15)18(20)21;1-8(17)10-4-3-9(15)5-11(10)12-6-14(18)16-7-13(12)19-2;/h4-14,17-19,28H,15-16H2,1-3H3;3-13,16-18,27H,14-15H2,1-2H3,(H,37,38);2-10,13H,11-12H2,1H3,(H,20,21);3-7H,1-2H3,(H,16,18);/t28-;27-;13-;;/m001../s1. The van der Waals surface area contributed by atoms with Gasteiger partial charge < -0.3 is 43.3 Å². The van der Waals surface area contributed by atoms with E-state index in [1.54, 1.807) is 103 Å². The van der Waals surface area contributed by atoms with E-state index in [2.05, 4.69) is 4.98 Å². The van der Waals surface area contributed by atoms with Crippen LogP contribution in [0, 0.1) is 5.92 Å². The molecule has 0 amide bonds. The quantitative estimate of drug-likeness (QED) is 0.0290. The number of hydrogen-bond acceptors (Lipinski definition) is 16. The van der Waals surface area contributed by atoms with Gasteiger partial charge in [-0.1, -0.05) is 169 Å². The molecule has 12 rings (SSSR count). The summed E-state index contributed by atoms with van der Waals surface area (Å²) in [6, 6.07) is 64.8. The molecule has 3 N–H and O–H groups in total. The van der Waals surface area contributed by atoms with Crippen molar-refractivity contribution in [2.24, 2.45) is 5.92 Å². The molecule has 9 aromatic carbocycles. The number of carbonyl (C=O) groups is 9. The van der Waals surface area contributed by atoms with Gasteiger partial charge in [0.15, 0.2) is 28.9 Å². The summed E-state index contributed by atoms with van der Waals surface area (Å²) in [7, 11) is 5.71. The van der Waals surface area contributed by atoms with E-state index < -0.39 is 41.1 Å². The maximum Gasteiger partial charge on any atom is 0.337 e. The van der Waals surface area contributed by atoms with E-state index >= 15 is 0 Å². The number of carboxylic acids is 2. The molecule has 12 aromatic rings. The predicted molar refractivity (Wildman–Crippen MR) is 458 cm³/mol. The normalized spacial score (nSPS) is 11.3. The van der Waals surface area contributed by atoms with Crippen molar-refractivity contribution >= 4 is 87.4 Å². The van der Waals surface area contributed by atoms with Crippen LogP contribution in [-0.2, 0) is 90.4 Å². The number of H-pyrrole nitrogens is 1. The molecule has 120 heavy (non-hydrogen) atoms. The number of benzene rings is 9. The zero-order valence-electron chi connectivity index (χ0n) is 66.8. The fourth-order valence-electron chi connectivity index (χ4n) is 13.2. The number of ether oxygens (including phenoxy) is 4. The molecule has 0 aliphatic carbocycles. The number of methoxy groups -OCH3 is 4. The van der Waals surface area contributed by atoms with E-state index in [9.17, 15) is 57.5 Å². The first kappa shape index (κ1) is 93.1. The van der Waals surface area contributed by atoms with Gasteiger partial charge in [0.25, 0.3) is 11.1 Å². The molecular formula is C95H84Cl3N3O18Y. The second-order valence-corrected chi connectivity index (χ2v) is 29.0. The van der Waals surface area contributed by atoms with Gasteiger partial charge in [-0.2, -0.15) is 0 Å². The number of pyridine rings is 3. The number of rotatable bonds is 29. The minimum Gasteiger partial charge on any atom is -0.495 e. The van der Waals surface area contributed by atoms with Crippen molar-refractivity contribution in [2.75, 3.05) is 28.4 Å². The molecule has 0 aliphatic rings. The predicted octanol–water partition coefficient (Wildman–Crippen LogP) is 17.7. The van der Waals surface area contributed by atoms with Crippen molar-refractivity contribution in [3.63, 3.8) is 0 Å². The summed E-state index contributed by atoms with van der Waals surface area (Å²) >= 11 is 18.4. The Labute approximate surface area is 732 Å². The number of aromatic amines is 1. The molecule has 3 atom stereocenters. The molecule has 25 heteroatoms. The first-order valence-electron chi connectivity index (χ1n) is 37.3. The van der Waals surface area contributed by atoms with Gasteiger partial charge in [-0.25, -0.2) is 14.4 Å². The van der Waals surface area contributed by atoms with Crippen molar-refractivity contribution in [3.05, 3.63) is 368 Å². The Morgan fingerprint density at radius 1 is 0.375 bits per heavy atom. The molecule has 3 aromatic heterocycles. The maximum absolute atomic E-state index is 13.7. The van der Waals surface area contributed by atoms with Gasteiger partial charge in [0.05, 0.1) is 69.6 Å². The summed E-state index contributed by atoms with van der Waals surface area (Å²) in [5, 5.41) is 19.3. The number of carbonyl (C=O) groups excluding carboxylic acids is 7. The van der Waals surface area contributed by atoms with Crippen LogP contribution < -0.4 is 30.9 Å². The third-order valence-corrected chi connectivity index (χ3v) is 20.1. The van der Waals surface area contributed by atoms with Crippen LogP contribution in [0.15, 0.2) is 270 Å². The molecular weight excluding hydrogens is 1670 g/mol. The van der Waals surface area contributed by atoms with Crippen LogP contribution in [0.4, 0.5) is 0 Å². The van der Waals surface area contributed by atoms with Gasteiger partial charge in [0, 0.05) is 144 Å².